The second-order valence-corrected chi connectivity index (χ2v) is 7.65. The van der Waals surface area contributed by atoms with E-state index in [2.05, 4.69) is 11.1 Å². The van der Waals surface area contributed by atoms with Crippen LogP contribution in [0, 0.1) is 5.41 Å². The van der Waals surface area contributed by atoms with Crippen LogP contribution >= 0.6 is 0 Å². The van der Waals surface area contributed by atoms with Gasteiger partial charge in [0.25, 0.3) is 0 Å². The second-order valence-electron chi connectivity index (χ2n) is 7.65. The minimum Gasteiger partial charge on any atom is -0.341 e. The topological polar surface area (TPSA) is 53.5 Å². The van der Waals surface area contributed by atoms with Crippen molar-refractivity contribution in [3.63, 3.8) is 0 Å². The molecule has 0 spiro atoms. The van der Waals surface area contributed by atoms with E-state index >= 15 is 0 Å². The van der Waals surface area contributed by atoms with Crippen molar-refractivity contribution < 1.29 is 9.59 Å². The predicted molar refractivity (Wildman–Crippen MR) is 108 cm³/mol. The Morgan fingerprint density at radius 3 is 2.75 bits per heavy atom. The van der Waals surface area contributed by atoms with E-state index in [4.69, 9.17) is 0 Å². The zero-order chi connectivity index (χ0) is 19.6. The van der Waals surface area contributed by atoms with Gasteiger partial charge >= 0.3 is 0 Å². The molecule has 144 valence electrons. The molecule has 0 bridgehead atoms. The van der Waals surface area contributed by atoms with Crippen molar-refractivity contribution in [3.8, 4) is 0 Å². The molecule has 1 fully saturated rings. The van der Waals surface area contributed by atoms with E-state index in [1.54, 1.807) is 22.2 Å². The third-order valence-electron chi connectivity index (χ3n) is 5.80. The summed E-state index contributed by atoms with van der Waals surface area (Å²) in [5.74, 6) is 0.161. The smallest absolute Gasteiger partial charge is 0.234 e. The highest BCUT2D eigenvalue weighted by molar-refractivity contribution is 6.02. The fraction of sp³-hybridized carbons (Fsp3) is 0.348. The quantitative estimate of drug-likeness (QED) is 0.814. The Balaban J connectivity index is 1.68. The number of hydrogen-bond donors (Lipinski definition) is 0. The van der Waals surface area contributed by atoms with E-state index in [-0.39, 0.29) is 11.8 Å². The zero-order valence-electron chi connectivity index (χ0n) is 16.2. The van der Waals surface area contributed by atoms with Gasteiger partial charge in [-0.3, -0.25) is 19.5 Å². The average Bonchev–Trinajstić information content (AvgIpc) is 2.74. The van der Waals surface area contributed by atoms with Crippen molar-refractivity contribution in [2.75, 3.05) is 11.9 Å². The van der Waals surface area contributed by atoms with E-state index in [1.807, 2.05) is 49.5 Å². The maximum absolute atomic E-state index is 13.7. The summed E-state index contributed by atoms with van der Waals surface area (Å²) >= 11 is 0. The van der Waals surface area contributed by atoms with Gasteiger partial charge in [-0.25, -0.2) is 0 Å². The average molecular weight is 375 g/mol. The molecule has 0 saturated carbocycles. The van der Waals surface area contributed by atoms with Gasteiger partial charge in [0.2, 0.25) is 11.8 Å². The van der Waals surface area contributed by atoms with Crippen LogP contribution in [0.1, 0.15) is 37.7 Å². The molecule has 4 rings (SSSR count). The van der Waals surface area contributed by atoms with Gasteiger partial charge in [-0.1, -0.05) is 30.3 Å². The van der Waals surface area contributed by atoms with Gasteiger partial charge in [0.05, 0.1) is 5.41 Å². The molecule has 2 aliphatic rings. The number of benzene rings is 1. The first-order valence-corrected chi connectivity index (χ1v) is 9.85. The largest absolute Gasteiger partial charge is 0.341 e. The Morgan fingerprint density at radius 1 is 1.18 bits per heavy atom. The van der Waals surface area contributed by atoms with Gasteiger partial charge in [0, 0.05) is 43.8 Å². The maximum Gasteiger partial charge on any atom is 0.234 e. The van der Waals surface area contributed by atoms with Crippen LogP contribution in [0.5, 0.6) is 0 Å². The number of allylic oxidation sites excluding steroid dienone is 1. The summed E-state index contributed by atoms with van der Waals surface area (Å²) in [6, 6.07) is 13.5. The van der Waals surface area contributed by atoms with E-state index in [9.17, 15) is 9.59 Å². The summed E-state index contributed by atoms with van der Waals surface area (Å²) in [4.78, 5) is 34.2. The van der Waals surface area contributed by atoms with E-state index in [0.717, 1.165) is 36.2 Å². The fourth-order valence-corrected chi connectivity index (χ4v) is 4.48. The highest BCUT2D eigenvalue weighted by Crippen LogP contribution is 2.49. The molecule has 5 heteroatoms. The second kappa shape index (κ2) is 7.58. The van der Waals surface area contributed by atoms with Gasteiger partial charge in [-0.05, 0) is 49.4 Å². The third kappa shape index (κ3) is 3.21. The number of hydrogen-bond acceptors (Lipinski definition) is 3. The molecule has 0 N–H and O–H groups in total. The Kier molecular flexibility index (Phi) is 4.99. The fourth-order valence-electron chi connectivity index (χ4n) is 4.48. The van der Waals surface area contributed by atoms with Crippen molar-refractivity contribution in [1.29, 1.82) is 0 Å². The van der Waals surface area contributed by atoms with Crippen LogP contribution in [-0.4, -0.2) is 28.7 Å². The number of fused-ring (bicyclic) bond motifs is 1. The van der Waals surface area contributed by atoms with Crippen molar-refractivity contribution in [1.82, 2.24) is 9.88 Å². The minimum atomic E-state index is -0.626. The minimum absolute atomic E-state index is 0.0673. The van der Waals surface area contributed by atoms with Crippen molar-refractivity contribution in [3.05, 3.63) is 72.2 Å². The van der Waals surface area contributed by atoms with Crippen LogP contribution in [0.3, 0.4) is 0 Å². The molecule has 2 heterocycles. The molecule has 1 unspecified atom stereocenters. The number of pyridine rings is 1. The van der Waals surface area contributed by atoms with Crippen LogP contribution in [0.4, 0.5) is 5.69 Å². The molecule has 1 aliphatic carbocycles. The normalized spacial score (nSPS) is 21.7. The van der Waals surface area contributed by atoms with Crippen molar-refractivity contribution >= 4 is 17.5 Å². The van der Waals surface area contributed by atoms with Crippen LogP contribution in [0.2, 0.25) is 0 Å². The molecule has 1 saturated heterocycles. The van der Waals surface area contributed by atoms with Gasteiger partial charge in [0.1, 0.15) is 0 Å². The Hall–Kier alpha value is -2.95. The Bertz CT molecular complexity index is 895. The monoisotopic (exact) mass is 375 g/mol. The SMILES string of the molecule is CN(Cc1cccnc1)C(=O)C12CCCC=C1N(c1ccccc1)C(=O)CC2. The van der Waals surface area contributed by atoms with Gasteiger partial charge in [-0.15, -0.1) is 0 Å². The zero-order valence-corrected chi connectivity index (χ0v) is 16.2. The van der Waals surface area contributed by atoms with Crippen molar-refractivity contribution in [2.45, 2.75) is 38.6 Å². The first-order chi connectivity index (χ1) is 13.6. The Labute approximate surface area is 165 Å². The van der Waals surface area contributed by atoms with E-state index < -0.39 is 5.41 Å². The van der Waals surface area contributed by atoms with E-state index in [1.165, 1.54) is 0 Å². The van der Waals surface area contributed by atoms with Gasteiger partial charge < -0.3 is 4.90 Å². The molecule has 5 nitrogen and oxygen atoms in total. The molecule has 0 radical (unpaired) electrons. The van der Waals surface area contributed by atoms with Gasteiger partial charge in [-0.2, -0.15) is 0 Å². The number of anilines is 1. The summed E-state index contributed by atoms with van der Waals surface area (Å²) in [6.45, 7) is 0.515. The van der Waals surface area contributed by atoms with Crippen LogP contribution in [0.25, 0.3) is 0 Å². The highest BCUT2D eigenvalue weighted by Gasteiger charge is 2.51. The lowest BCUT2D eigenvalue weighted by molar-refractivity contribution is -0.142. The summed E-state index contributed by atoms with van der Waals surface area (Å²) in [7, 11) is 1.85. The van der Waals surface area contributed by atoms with E-state index in [0.29, 0.717) is 19.4 Å². The lowest BCUT2D eigenvalue weighted by atomic mass is 9.68. The first kappa shape index (κ1) is 18.4. The first-order valence-electron chi connectivity index (χ1n) is 9.85. The number of amides is 2. The molecular formula is C23H25N3O2. The standard InChI is InChI=1S/C23H25N3O2/c1-25(17-18-8-7-15-24-16-18)22(28)23-13-6-5-11-20(23)26(21(27)12-14-23)19-9-3-2-4-10-19/h2-4,7-11,15-16H,5-6,12-14,17H2,1H3. The van der Waals surface area contributed by atoms with Crippen LogP contribution in [-0.2, 0) is 16.1 Å². The molecule has 28 heavy (non-hydrogen) atoms. The number of piperidine rings is 1. The molecule has 1 atom stereocenters. The van der Waals surface area contributed by atoms with Gasteiger partial charge in [0.15, 0.2) is 0 Å². The Morgan fingerprint density at radius 2 is 2.00 bits per heavy atom. The molecular weight excluding hydrogens is 350 g/mol. The molecule has 1 aliphatic heterocycles. The molecule has 1 aromatic carbocycles. The number of carbonyl (C=O) groups is 2. The summed E-state index contributed by atoms with van der Waals surface area (Å²) < 4.78 is 0. The molecule has 2 aromatic rings. The maximum atomic E-state index is 13.7. The summed E-state index contributed by atoms with van der Waals surface area (Å²) in [6.07, 6.45) is 9.24. The summed E-state index contributed by atoms with van der Waals surface area (Å²) in [5.41, 5.74) is 2.08. The number of aromatic nitrogens is 1. The predicted octanol–water partition coefficient (Wildman–Crippen LogP) is 3.92. The van der Waals surface area contributed by atoms with Crippen LogP contribution in [0.15, 0.2) is 66.6 Å². The number of rotatable bonds is 4. The highest BCUT2D eigenvalue weighted by atomic mass is 16.2. The number of para-hydroxylation sites is 1. The number of nitrogens with zero attached hydrogens (tertiary/aromatic N) is 3. The van der Waals surface area contributed by atoms with Crippen LogP contribution < -0.4 is 4.90 Å². The lowest BCUT2D eigenvalue weighted by Crippen LogP contribution is -2.53. The lowest BCUT2D eigenvalue weighted by Gasteiger charge is -2.47. The number of carbonyl (C=O) groups excluding carboxylic acids is 2. The molecule has 1 aromatic heterocycles. The summed E-state index contributed by atoms with van der Waals surface area (Å²) in [5, 5.41) is 0. The molecule has 2 amide bonds. The third-order valence-corrected chi connectivity index (χ3v) is 5.80. The van der Waals surface area contributed by atoms with Crippen molar-refractivity contribution in [2.24, 2.45) is 5.41 Å².